The number of fused-ring (bicyclic) bond motifs is 3. The Hall–Kier alpha value is -4.47. The fraction of sp³-hybridized carbons (Fsp3) is 0.571. The van der Waals surface area contributed by atoms with Gasteiger partial charge in [0.15, 0.2) is 0 Å². The number of carbonyl (C=O) groups is 4. The number of pyridine rings is 1. The predicted octanol–water partition coefficient (Wildman–Crippen LogP) is 3.06. The van der Waals surface area contributed by atoms with Crippen LogP contribution in [0.4, 0.5) is 9.18 Å². The Balaban J connectivity index is 1.32. The molecule has 3 fully saturated rings. The number of carboxylic acid groups (broad SMARTS) is 1. The summed E-state index contributed by atoms with van der Waals surface area (Å²) < 4.78 is 51.8. The molecule has 4 aliphatic rings. The Morgan fingerprint density at radius 3 is 2.59 bits per heavy atom. The molecule has 16 heteroatoms. The number of nitrogens with zero attached hydrogens (tertiary/aromatic N) is 2. The first-order valence-corrected chi connectivity index (χ1v) is 18.7. The lowest BCUT2D eigenvalue weighted by atomic mass is 9.88. The van der Waals surface area contributed by atoms with Crippen molar-refractivity contribution in [3.63, 3.8) is 0 Å². The molecular weight excluding hydrogens is 685 g/mol. The molecule has 0 spiro atoms. The molecule has 1 aromatic carbocycles. The van der Waals surface area contributed by atoms with Gasteiger partial charge in [-0.3, -0.25) is 24.1 Å². The molecule has 3 heterocycles. The van der Waals surface area contributed by atoms with Crippen LogP contribution in [0.2, 0.25) is 0 Å². The third-order valence-corrected chi connectivity index (χ3v) is 12.8. The van der Waals surface area contributed by atoms with E-state index in [2.05, 4.69) is 15.6 Å². The topological polar surface area (TPSA) is 193 Å². The SMILES string of the molecule is COc1ccc2ncc(O[C@@H]3C[C@H]4C(=O)N[C@]5(C(=O)NS(=O)(=O)C6(CF)CC6)C[C@H]5C=CCC[C@@H](C)C[C@@H](C)[C@H](NC(=O)O)C(=O)N4C3)cc2c1. The summed E-state index contributed by atoms with van der Waals surface area (Å²) in [5, 5.41) is 15.6. The summed E-state index contributed by atoms with van der Waals surface area (Å²) in [5.41, 5.74) is -0.958. The van der Waals surface area contributed by atoms with Gasteiger partial charge in [0.1, 0.15) is 46.6 Å². The van der Waals surface area contributed by atoms with E-state index in [1.807, 2.05) is 17.7 Å². The van der Waals surface area contributed by atoms with Gasteiger partial charge in [-0.2, -0.15) is 0 Å². The molecule has 2 aliphatic carbocycles. The maximum atomic E-state index is 14.3. The molecule has 1 saturated heterocycles. The number of hydrogen-bond acceptors (Lipinski definition) is 9. The van der Waals surface area contributed by atoms with Gasteiger partial charge >= 0.3 is 6.09 Å². The zero-order chi connectivity index (χ0) is 36.7. The number of amides is 4. The quantitative estimate of drug-likeness (QED) is 0.294. The lowest BCUT2D eigenvalue weighted by Crippen LogP contribution is -2.59. The molecule has 14 nitrogen and oxygen atoms in total. The summed E-state index contributed by atoms with van der Waals surface area (Å²) in [6.45, 7) is 2.57. The van der Waals surface area contributed by atoms with E-state index in [-0.39, 0.29) is 38.1 Å². The number of rotatable bonds is 8. The van der Waals surface area contributed by atoms with Gasteiger partial charge in [0.05, 0.1) is 25.4 Å². The molecule has 2 aromatic rings. The fourth-order valence-corrected chi connectivity index (χ4v) is 8.78. The smallest absolute Gasteiger partial charge is 0.405 e. The standard InChI is InChI=1S/C35H44FN5O9S/c1-20-6-4-5-7-23-16-35(23,32(44)40-51(47,48)34(19-36)10-11-34)39-30(42)28-15-26(18-41(28)31(43)29(21(2)12-20)38-33(45)46)50-25-14-22-13-24(49-3)8-9-27(22)37-17-25/h5,7-9,13-14,17,20-21,23,26,28-29,38H,4,6,10-12,15-16,18-19H2,1-3H3,(H,39,42)(H,40,44)(H,45,46)/t20-,21-,23-,26-,28+,29+,35-/m1/s1. The zero-order valence-corrected chi connectivity index (χ0v) is 29.6. The van der Waals surface area contributed by atoms with Crippen LogP contribution in [0.5, 0.6) is 11.5 Å². The minimum atomic E-state index is -4.38. The second-order valence-corrected chi connectivity index (χ2v) is 16.6. The van der Waals surface area contributed by atoms with Gasteiger partial charge in [-0.05, 0) is 74.6 Å². The second kappa shape index (κ2) is 13.9. The van der Waals surface area contributed by atoms with E-state index in [1.54, 1.807) is 44.4 Å². The first kappa shape index (κ1) is 36.3. The molecule has 1 aromatic heterocycles. The number of sulfonamides is 1. The predicted molar refractivity (Wildman–Crippen MR) is 183 cm³/mol. The molecule has 0 unspecified atom stereocenters. The van der Waals surface area contributed by atoms with E-state index in [4.69, 9.17) is 9.47 Å². The molecule has 2 aliphatic heterocycles. The number of alkyl halides is 1. The average molecular weight is 730 g/mol. The van der Waals surface area contributed by atoms with E-state index in [0.29, 0.717) is 36.3 Å². The zero-order valence-electron chi connectivity index (χ0n) is 28.8. The molecule has 0 bridgehead atoms. The highest BCUT2D eigenvalue weighted by Crippen LogP contribution is 2.48. The molecule has 6 rings (SSSR count). The van der Waals surface area contributed by atoms with Crippen molar-refractivity contribution in [2.45, 2.75) is 87.3 Å². The third kappa shape index (κ3) is 7.32. The van der Waals surface area contributed by atoms with E-state index in [1.165, 1.54) is 11.1 Å². The Labute approximate surface area is 295 Å². The van der Waals surface area contributed by atoms with Crippen molar-refractivity contribution in [2.24, 2.45) is 17.8 Å². The van der Waals surface area contributed by atoms with Gasteiger partial charge in [-0.15, -0.1) is 0 Å². The molecule has 2 saturated carbocycles. The number of hydrogen-bond donors (Lipinski definition) is 4. The van der Waals surface area contributed by atoms with E-state index >= 15 is 0 Å². The molecule has 51 heavy (non-hydrogen) atoms. The molecular formula is C35H44FN5O9S. The van der Waals surface area contributed by atoms with Crippen LogP contribution in [-0.2, 0) is 24.4 Å². The van der Waals surface area contributed by atoms with Gasteiger partial charge in [0.2, 0.25) is 21.8 Å². The normalized spacial score (nSPS) is 30.5. The van der Waals surface area contributed by atoms with Crippen LogP contribution < -0.4 is 24.8 Å². The van der Waals surface area contributed by atoms with Crippen LogP contribution in [0, 0.1) is 17.8 Å². The van der Waals surface area contributed by atoms with Crippen molar-refractivity contribution in [1.82, 2.24) is 25.2 Å². The van der Waals surface area contributed by atoms with Crippen molar-refractivity contribution in [2.75, 3.05) is 20.3 Å². The molecule has 4 N–H and O–H groups in total. The number of halogens is 1. The molecule has 4 amide bonds. The Kier molecular flexibility index (Phi) is 9.92. The van der Waals surface area contributed by atoms with Crippen molar-refractivity contribution in [3.05, 3.63) is 42.6 Å². The first-order valence-electron chi connectivity index (χ1n) is 17.2. The number of aromatic nitrogens is 1. The Bertz CT molecular complexity index is 1850. The summed E-state index contributed by atoms with van der Waals surface area (Å²) in [6.07, 6.45) is 5.14. The maximum Gasteiger partial charge on any atom is 0.405 e. The highest BCUT2D eigenvalue weighted by Gasteiger charge is 2.64. The summed E-state index contributed by atoms with van der Waals surface area (Å²) in [6, 6.07) is 4.74. The van der Waals surface area contributed by atoms with Gasteiger partial charge in [0, 0.05) is 17.7 Å². The summed E-state index contributed by atoms with van der Waals surface area (Å²) in [4.78, 5) is 59.9. The van der Waals surface area contributed by atoms with Crippen LogP contribution in [0.15, 0.2) is 42.6 Å². The minimum Gasteiger partial charge on any atom is -0.497 e. The average Bonchev–Trinajstić information content (AvgIpc) is 3.99. The lowest BCUT2D eigenvalue weighted by molar-refractivity contribution is -0.142. The first-order chi connectivity index (χ1) is 24.2. The largest absolute Gasteiger partial charge is 0.497 e. The summed E-state index contributed by atoms with van der Waals surface area (Å²) in [7, 11) is -2.83. The number of ether oxygens (including phenoxy) is 2. The molecule has 0 radical (unpaired) electrons. The van der Waals surface area contributed by atoms with Crippen molar-refractivity contribution >= 4 is 44.7 Å². The molecule has 7 atom stereocenters. The second-order valence-electron chi connectivity index (χ2n) is 14.5. The van der Waals surface area contributed by atoms with Crippen LogP contribution in [-0.4, -0.2) is 96.0 Å². The lowest BCUT2D eigenvalue weighted by Gasteiger charge is -2.32. The number of benzene rings is 1. The van der Waals surface area contributed by atoms with Crippen LogP contribution in [0.1, 0.15) is 58.8 Å². The third-order valence-electron chi connectivity index (χ3n) is 10.7. The highest BCUT2D eigenvalue weighted by atomic mass is 32.2. The van der Waals surface area contributed by atoms with Crippen molar-refractivity contribution in [3.8, 4) is 11.5 Å². The van der Waals surface area contributed by atoms with E-state index in [9.17, 15) is 37.1 Å². The maximum absolute atomic E-state index is 14.3. The van der Waals surface area contributed by atoms with Gasteiger partial charge in [0.25, 0.3) is 5.91 Å². The van der Waals surface area contributed by atoms with Crippen LogP contribution in [0.3, 0.4) is 0 Å². The number of nitrogens with one attached hydrogen (secondary N) is 3. The molecule has 276 valence electrons. The van der Waals surface area contributed by atoms with Gasteiger partial charge < -0.3 is 30.1 Å². The van der Waals surface area contributed by atoms with Crippen LogP contribution >= 0.6 is 0 Å². The minimum absolute atomic E-state index is 0.0141. The van der Waals surface area contributed by atoms with Crippen molar-refractivity contribution in [1.29, 1.82) is 0 Å². The monoisotopic (exact) mass is 729 g/mol. The van der Waals surface area contributed by atoms with E-state index < -0.39 is 80.8 Å². The number of methoxy groups -OCH3 is 1. The summed E-state index contributed by atoms with van der Waals surface area (Å²) in [5.74, 6) is -2.21. The Morgan fingerprint density at radius 1 is 1.16 bits per heavy atom. The van der Waals surface area contributed by atoms with Crippen molar-refractivity contribution < 1.29 is 46.6 Å². The van der Waals surface area contributed by atoms with Gasteiger partial charge in [-0.25, -0.2) is 17.6 Å². The highest BCUT2D eigenvalue weighted by molar-refractivity contribution is 7.91. The number of carbonyl (C=O) groups excluding carboxylic acids is 3. The van der Waals surface area contributed by atoms with Gasteiger partial charge in [-0.1, -0.05) is 26.0 Å². The Morgan fingerprint density at radius 2 is 1.90 bits per heavy atom. The van der Waals surface area contributed by atoms with Crippen LogP contribution in [0.25, 0.3) is 10.9 Å². The number of allylic oxidation sites excluding steroid dienone is 1. The summed E-state index contributed by atoms with van der Waals surface area (Å²) >= 11 is 0. The van der Waals surface area contributed by atoms with E-state index in [0.717, 1.165) is 5.39 Å². The fourth-order valence-electron chi connectivity index (χ4n) is 7.36.